The first-order chi connectivity index (χ1) is 13.1. The number of nitrogens with zero attached hydrogens (tertiary/aromatic N) is 1. The first-order valence-corrected chi connectivity index (χ1v) is 8.78. The van der Waals surface area contributed by atoms with Crippen LogP contribution in [0, 0.1) is 0 Å². The second-order valence-electron chi connectivity index (χ2n) is 6.06. The van der Waals surface area contributed by atoms with Crippen molar-refractivity contribution in [2.24, 2.45) is 0 Å². The lowest BCUT2D eigenvalue weighted by Gasteiger charge is -2.08. The van der Waals surface area contributed by atoms with E-state index in [-0.39, 0.29) is 0 Å². The van der Waals surface area contributed by atoms with Gasteiger partial charge >= 0.3 is 0 Å². The van der Waals surface area contributed by atoms with E-state index in [0.717, 1.165) is 11.1 Å². The summed E-state index contributed by atoms with van der Waals surface area (Å²) >= 11 is 5.98. The van der Waals surface area contributed by atoms with Crippen LogP contribution in [0.3, 0.4) is 0 Å². The fourth-order valence-corrected chi connectivity index (χ4v) is 3.15. The molecule has 0 aliphatic rings. The first-order valence-electron chi connectivity index (χ1n) is 8.40. The van der Waals surface area contributed by atoms with Gasteiger partial charge in [-0.2, -0.15) is 0 Å². The largest absolute Gasteiger partial charge is 0.319 e. The molecule has 27 heavy (non-hydrogen) atoms. The monoisotopic (exact) mass is 374 g/mol. The van der Waals surface area contributed by atoms with Gasteiger partial charge in [-0.1, -0.05) is 48.0 Å². The Hall–Kier alpha value is -3.37. The number of Topliss-reactive ketones (excluding diaryl/α,β-unsaturated/α-hetero) is 1. The number of nitrogens with one attached hydrogen (secondary N) is 1. The van der Waals surface area contributed by atoms with Crippen LogP contribution in [0.15, 0.2) is 85.1 Å². The topological polar surface area (TPSA) is 50.6 Å². The molecule has 0 aliphatic heterocycles. The molecule has 0 aliphatic carbocycles. The van der Waals surface area contributed by atoms with Gasteiger partial charge in [-0.25, -0.2) is 0 Å². The molecule has 2 heterocycles. The molecule has 1 N–H and O–H groups in total. The van der Waals surface area contributed by atoms with Crippen molar-refractivity contribution in [3.8, 4) is 11.1 Å². The lowest BCUT2D eigenvalue weighted by atomic mass is 10.0. The van der Waals surface area contributed by atoms with Crippen LogP contribution in [0.1, 0.15) is 10.5 Å². The number of rotatable bonds is 4. The van der Waals surface area contributed by atoms with Crippen molar-refractivity contribution >= 4 is 34.5 Å². The molecule has 0 atom stereocenters. The summed E-state index contributed by atoms with van der Waals surface area (Å²) in [5, 5.41) is 3.27. The summed E-state index contributed by atoms with van der Waals surface area (Å²) in [4.78, 5) is 25.6. The summed E-state index contributed by atoms with van der Waals surface area (Å²) in [6.07, 6.45) is 1.78. The molecule has 0 saturated carbocycles. The predicted molar refractivity (Wildman–Crippen MR) is 107 cm³/mol. The van der Waals surface area contributed by atoms with Gasteiger partial charge in [0.05, 0.1) is 0 Å². The molecule has 2 aromatic heterocycles. The molecular weight excluding hydrogens is 360 g/mol. The summed E-state index contributed by atoms with van der Waals surface area (Å²) in [6, 6.07) is 23.6. The van der Waals surface area contributed by atoms with E-state index >= 15 is 0 Å². The van der Waals surface area contributed by atoms with Crippen LogP contribution in [0.5, 0.6) is 0 Å². The van der Waals surface area contributed by atoms with Crippen molar-refractivity contribution in [1.29, 1.82) is 0 Å². The number of carbonyl (C=O) groups is 2. The first kappa shape index (κ1) is 17.1. The Morgan fingerprint density at radius 2 is 1.56 bits per heavy atom. The average Bonchev–Trinajstić information content (AvgIpc) is 3.08. The quantitative estimate of drug-likeness (QED) is 0.400. The number of anilines is 1. The molecule has 0 spiro atoms. The van der Waals surface area contributed by atoms with Crippen molar-refractivity contribution < 1.29 is 9.59 Å². The number of para-hydroxylation sites is 1. The van der Waals surface area contributed by atoms with Gasteiger partial charge in [-0.05, 0) is 48.0 Å². The van der Waals surface area contributed by atoms with E-state index < -0.39 is 11.7 Å². The fraction of sp³-hybridized carbons (Fsp3) is 0. The second-order valence-corrected chi connectivity index (χ2v) is 6.49. The Labute approximate surface area is 161 Å². The summed E-state index contributed by atoms with van der Waals surface area (Å²) in [6.45, 7) is 0. The second kappa shape index (κ2) is 7.09. The van der Waals surface area contributed by atoms with E-state index in [0.29, 0.717) is 22.0 Å². The lowest BCUT2D eigenvalue weighted by molar-refractivity contribution is -0.112. The van der Waals surface area contributed by atoms with E-state index in [2.05, 4.69) is 5.32 Å². The summed E-state index contributed by atoms with van der Waals surface area (Å²) in [5.41, 5.74) is 3.23. The van der Waals surface area contributed by atoms with Crippen LogP contribution in [-0.4, -0.2) is 16.1 Å². The third-order valence-corrected chi connectivity index (χ3v) is 4.54. The molecule has 0 radical (unpaired) electrons. The molecule has 5 heteroatoms. The van der Waals surface area contributed by atoms with Gasteiger partial charge in [0, 0.05) is 28.0 Å². The molecule has 4 rings (SSSR count). The highest BCUT2D eigenvalue weighted by Gasteiger charge is 2.24. The Balaban J connectivity index is 1.79. The normalized spacial score (nSPS) is 10.7. The van der Waals surface area contributed by atoms with E-state index in [9.17, 15) is 9.59 Å². The van der Waals surface area contributed by atoms with Gasteiger partial charge in [0.25, 0.3) is 11.7 Å². The molecule has 0 bridgehead atoms. The van der Waals surface area contributed by atoms with Gasteiger partial charge in [0.1, 0.15) is 5.69 Å². The van der Waals surface area contributed by atoms with Crippen LogP contribution in [-0.2, 0) is 4.79 Å². The number of benzene rings is 2. The maximum absolute atomic E-state index is 13.0. The Morgan fingerprint density at radius 1 is 0.852 bits per heavy atom. The Kier molecular flexibility index (Phi) is 4.48. The van der Waals surface area contributed by atoms with E-state index in [1.54, 1.807) is 47.0 Å². The van der Waals surface area contributed by atoms with E-state index in [4.69, 9.17) is 11.6 Å². The minimum Gasteiger partial charge on any atom is -0.319 e. The van der Waals surface area contributed by atoms with E-state index in [1.165, 1.54) is 0 Å². The number of fused-ring (bicyclic) bond motifs is 1. The zero-order valence-corrected chi connectivity index (χ0v) is 15.0. The molecule has 0 fully saturated rings. The number of hydrogen-bond donors (Lipinski definition) is 1. The highest BCUT2D eigenvalue weighted by Crippen LogP contribution is 2.29. The number of carbonyl (C=O) groups excluding carboxylic acids is 2. The zero-order chi connectivity index (χ0) is 18.8. The van der Waals surface area contributed by atoms with Crippen LogP contribution in [0.4, 0.5) is 5.69 Å². The molecule has 0 saturated heterocycles. The zero-order valence-electron chi connectivity index (χ0n) is 14.2. The van der Waals surface area contributed by atoms with Crippen LogP contribution >= 0.6 is 11.6 Å². The van der Waals surface area contributed by atoms with Gasteiger partial charge in [-0.15, -0.1) is 0 Å². The number of amides is 1. The molecule has 0 unspecified atom stereocenters. The highest BCUT2D eigenvalue weighted by molar-refractivity contribution is 6.47. The SMILES string of the molecule is O=C(Nc1ccccc1)C(=O)c1c(-c2ccc(Cl)cc2)cc2ccccn12. The molecule has 132 valence electrons. The number of halogens is 1. The average molecular weight is 375 g/mol. The maximum atomic E-state index is 13.0. The number of aromatic nitrogens is 1. The molecule has 1 amide bonds. The third kappa shape index (κ3) is 3.35. The lowest BCUT2D eigenvalue weighted by Crippen LogP contribution is -2.24. The minimum absolute atomic E-state index is 0.321. The van der Waals surface area contributed by atoms with Crippen molar-refractivity contribution in [2.45, 2.75) is 0 Å². The summed E-state index contributed by atoms with van der Waals surface area (Å²) in [7, 11) is 0. The molecule has 4 nitrogen and oxygen atoms in total. The predicted octanol–water partition coefficient (Wildman–Crippen LogP) is 5.08. The third-order valence-electron chi connectivity index (χ3n) is 4.29. The molecule has 2 aromatic carbocycles. The summed E-state index contributed by atoms with van der Waals surface area (Å²) < 4.78 is 1.73. The highest BCUT2D eigenvalue weighted by atomic mass is 35.5. The standard InChI is InChI=1S/C22H15ClN2O2/c23-16-11-9-15(10-12-16)19-14-18-8-4-5-13-25(18)20(19)21(26)22(27)24-17-6-2-1-3-7-17/h1-14H,(H,24,27). The Morgan fingerprint density at radius 3 is 2.30 bits per heavy atom. The van der Waals surface area contributed by atoms with Gasteiger partial charge in [-0.3, -0.25) is 9.59 Å². The van der Waals surface area contributed by atoms with Crippen molar-refractivity contribution in [2.75, 3.05) is 5.32 Å². The summed E-state index contributed by atoms with van der Waals surface area (Å²) in [5.74, 6) is -1.28. The molecule has 4 aromatic rings. The number of ketones is 1. The van der Waals surface area contributed by atoms with Gasteiger partial charge in [0.2, 0.25) is 0 Å². The van der Waals surface area contributed by atoms with Crippen molar-refractivity contribution in [1.82, 2.24) is 4.40 Å². The molecular formula is C22H15ClN2O2. The fourth-order valence-electron chi connectivity index (χ4n) is 3.02. The smallest absolute Gasteiger partial charge is 0.298 e. The van der Waals surface area contributed by atoms with Gasteiger partial charge in [0.15, 0.2) is 0 Å². The van der Waals surface area contributed by atoms with Crippen LogP contribution in [0.25, 0.3) is 16.6 Å². The number of pyridine rings is 1. The van der Waals surface area contributed by atoms with Gasteiger partial charge < -0.3 is 9.72 Å². The Bertz CT molecular complexity index is 1130. The number of hydrogen-bond acceptors (Lipinski definition) is 2. The minimum atomic E-state index is -0.680. The van der Waals surface area contributed by atoms with Crippen molar-refractivity contribution in [3.63, 3.8) is 0 Å². The maximum Gasteiger partial charge on any atom is 0.298 e. The van der Waals surface area contributed by atoms with Crippen molar-refractivity contribution in [3.05, 3.63) is 95.8 Å². The van der Waals surface area contributed by atoms with Crippen LogP contribution in [0.2, 0.25) is 5.02 Å². The van der Waals surface area contributed by atoms with Crippen LogP contribution < -0.4 is 5.32 Å². The van der Waals surface area contributed by atoms with E-state index in [1.807, 2.05) is 42.5 Å².